The molecule has 0 bridgehead atoms. The van der Waals surface area contributed by atoms with Crippen LogP contribution in [0.15, 0.2) is 42.6 Å². The highest BCUT2D eigenvalue weighted by atomic mass is 16.5. The lowest BCUT2D eigenvalue weighted by atomic mass is 10.0. The SMILES string of the molecule is CCNCc1ccc(OCc2ccc(C(C)C)cc2)cn1. The van der Waals surface area contributed by atoms with E-state index in [1.807, 2.05) is 12.1 Å². The molecule has 1 N–H and O–H groups in total. The van der Waals surface area contributed by atoms with E-state index in [4.69, 9.17) is 4.74 Å². The molecular weight excluding hydrogens is 260 g/mol. The third kappa shape index (κ3) is 4.87. The second-order valence-corrected chi connectivity index (χ2v) is 5.45. The molecule has 0 spiro atoms. The summed E-state index contributed by atoms with van der Waals surface area (Å²) in [6.45, 7) is 8.81. The summed E-state index contributed by atoms with van der Waals surface area (Å²) in [5.41, 5.74) is 3.56. The molecule has 3 heteroatoms. The predicted molar refractivity (Wildman–Crippen MR) is 86.5 cm³/mol. The number of hydrogen-bond acceptors (Lipinski definition) is 3. The first-order valence-electron chi connectivity index (χ1n) is 7.56. The molecule has 1 aromatic carbocycles. The highest BCUT2D eigenvalue weighted by molar-refractivity contribution is 5.25. The Balaban J connectivity index is 1.87. The van der Waals surface area contributed by atoms with Crippen LogP contribution in [0.25, 0.3) is 0 Å². The summed E-state index contributed by atoms with van der Waals surface area (Å²) in [5.74, 6) is 1.37. The van der Waals surface area contributed by atoms with Crippen molar-refractivity contribution >= 4 is 0 Å². The van der Waals surface area contributed by atoms with Crippen LogP contribution >= 0.6 is 0 Å². The van der Waals surface area contributed by atoms with E-state index in [1.165, 1.54) is 11.1 Å². The molecule has 0 aliphatic carbocycles. The molecule has 0 saturated heterocycles. The Bertz CT molecular complexity index is 532. The Labute approximate surface area is 127 Å². The van der Waals surface area contributed by atoms with Crippen molar-refractivity contribution in [3.05, 3.63) is 59.4 Å². The van der Waals surface area contributed by atoms with Crippen LogP contribution in [0.2, 0.25) is 0 Å². The molecule has 0 amide bonds. The van der Waals surface area contributed by atoms with Gasteiger partial charge in [-0.25, -0.2) is 0 Å². The molecule has 0 aliphatic rings. The first kappa shape index (κ1) is 15.5. The van der Waals surface area contributed by atoms with Gasteiger partial charge >= 0.3 is 0 Å². The Kier molecular flexibility index (Phi) is 5.76. The van der Waals surface area contributed by atoms with Crippen molar-refractivity contribution in [2.45, 2.75) is 39.8 Å². The third-order valence-electron chi connectivity index (χ3n) is 3.41. The topological polar surface area (TPSA) is 34.1 Å². The average molecular weight is 284 g/mol. The maximum atomic E-state index is 5.77. The number of benzene rings is 1. The van der Waals surface area contributed by atoms with Gasteiger partial charge in [0.1, 0.15) is 12.4 Å². The summed E-state index contributed by atoms with van der Waals surface area (Å²) in [7, 11) is 0. The summed E-state index contributed by atoms with van der Waals surface area (Å²) in [6, 6.07) is 12.6. The molecule has 2 rings (SSSR count). The standard InChI is InChI=1S/C18H24N2O/c1-4-19-11-17-9-10-18(12-20-17)21-13-15-5-7-16(8-6-15)14(2)3/h5-10,12,14,19H,4,11,13H2,1-3H3. The van der Waals surface area contributed by atoms with Crippen molar-refractivity contribution in [1.82, 2.24) is 10.3 Å². The summed E-state index contributed by atoms with van der Waals surface area (Å²) in [4.78, 5) is 4.38. The first-order valence-corrected chi connectivity index (χ1v) is 7.56. The van der Waals surface area contributed by atoms with Crippen LogP contribution < -0.4 is 10.1 Å². The molecule has 0 atom stereocenters. The largest absolute Gasteiger partial charge is 0.487 e. The Morgan fingerprint density at radius 3 is 2.43 bits per heavy atom. The second kappa shape index (κ2) is 7.79. The average Bonchev–Trinajstić information content (AvgIpc) is 2.52. The van der Waals surface area contributed by atoms with Gasteiger partial charge in [-0.15, -0.1) is 0 Å². The number of pyridine rings is 1. The molecule has 2 aromatic rings. The van der Waals surface area contributed by atoms with E-state index in [-0.39, 0.29) is 0 Å². The van der Waals surface area contributed by atoms with Crippen molar-refractivity contribution in [2.75, 3.05) is 6.54 Å². The maximum Gasteiger partial charge on any atom is 0.138 e. The molecular formula is C18H24N2O. The van der Waals surface area contributed by atoms with Crippen LogP contribution in [0.5, 0.6) is 5.75 Å². The fraction of sp³-hybridized carbons (Fsp3) is 0.389. The molecule has 0 saturated carbocycles. The second-order valence-electron chi connectivity index (χ2n) is 5.45. The van der Waals surface area contributed by atoms with Gasteiger partial charge in [0, 0.05) is 6.54 Å². The summed E-state index contributed by atoms with van der Waals surface area (Å²) in [5, 5.41) is 3.25. The smallest absolute Gasteiger partial charge is 0.138 e. The van der Waals surface area contributed by atoms with Gasteiger partial charge in [0.15, 0.2) is 0 Å². The predicted octanol–water partition coefficient (Wildman–Crippen LogP) is 3.89. The van der Waals surface area contributed by atoms with Gasteiger partial charge in [-0.05, 0) is 35.7 Å². The summed E-state index contributed by atoms with van der Waals surface area (Å²) < 4.78 is 5.77. The first-order chi connectivity index (χ1) is 10.2. The maximum absolute atomic E-state index is 5.77. The molecule has 21 heavy (non-hydrogen) atoms. The number of hydrogen-bond donors (Lipinski definition) is 1. The monoisotopic (exact) mass is 284 g/mol. The number of nitrogens with one attached hydrogen (secondary N) is 1. The normalized spacial score (nSPS) is 10.9. The van der Waals surface area contributed by atoms with Gasteiger partial charge in [0.2, 0.25) is 0 Å². The van der Waals surface area contributed by atoms with E-state index in [1.54, 1.807) is 6.20 Å². The number of aromatic nitrogens is 1. The minimum Gasteiger partial charge on any atom is -0.487 e. The summed E-state index contributed by atoms with van der Waals surface area (Å²) >= 11 is 0. The lowest BCUT2D eigenvalue weighted by Gasteiger charge is -2.09. The zero-order valence-electron chi connectivity index (χ0n) is 13.1. The molecule has 0 radical (unpaired) electrons. The van der Waals surface area contributed by atoms with Crippen LogP contribution in [0.1, 0.15) is 43.5 Å². The fourth-order valence-electron chi connectivity index (χ4n) is 2.02. The van der Waals surface area contributed by atoms with E-state index < -0.39 is 0 Å². The Hall–Kier alpha value is -1.87. The van der Waals surface area contributed by atoms with Gasteiger partial charge in [-0.3, -0.25) is 4.98 Å². The zero-order valence-corrected chi connectivity index (χ0v) is 13.1. The highest BCUT2D eigenvalue weighted by Gasteiger charge is 2.01. The van der Waals surface area contributed by atoms with E-state index in [0.717, 1.165) is 24.5 Å². The van der Waals surface area contributed by atoms with E-state index in [9.17, 15) is 0 Å². The summed E-state index contributed by atoms with van der Waals surface area (Å²) in [6.07, 6.45) is 1.79. The molecule has 0 unspecified atom stereocenters. The van der Waals surface area contributed by atoms with Gasteiger partial charge in [0.25, 0.3) is 0 Å². The third-order valence-corrected chi connectivity index (χ3v) is 3.41. The Morgan fingerprint density at radius 1 is 1.10 bits per heavy atom. The molecule has 3 nitrogen and oxygen atoms in total. The molecule has 1 heterocycles. The van der Waals surface area contributed by atoms with E-state index in [0.29, 0.717) is 12.5 Å². The van der Waals surface area contributed by atoms with Crippen LogP contribution in [-0.2, 0) is 13.2 Å². The van der Waals surface area contributed by atoms with Crippen LogP contribution in [0, 0.1) is 0 Å². The zero-order chi connectivity index (χ0) is 15.1. The van der Waals surface area contributed by atoms with Crippen molar-refractivity contribution < 1.29 is 4.74 Å². The van der Waals surface area contributed by atoms with E-state index in [2.05, 4.69) is 55.3 Å². The van der Waals surface area contributed by atoms with Gasteiger partial charge < -0.3 is 10.1 Å². The van der Waals surface area contributed by atoms with E-state index >= 15 is 0 Å². The van der Waals surface area contributed by atoms with Crippen molar-refractivity contribution in [1.29, 1.82) is 0 Å². The van der Waals surface area contributed by atoms with Crippen molar-refractivity contribution in [2.24, 2.45) is 0 Å². The number of rotatable bonds is 7. The van der Waals surface area contributed by atoms with Gasteiger partial charge in [0.05, 0.1) is 11.9 Å². The highest BCUT2D eigenvalue weighted by Crippen LogP contribution is 2.16. The minimum atomic E-state index is 0.563. The fourth-order valence-corrected chi connectivity index (χ4v) is 2.02. The van der Waals surface area contributed by atoms with Crippen LogP contribution in [-0.4, -0.2) is 11.5 Å². The van der Waals surface area contributed by atoms with Crippen LogP contribution in [0.4, 0.5) is 0 Å². The quantitative estimate of drug-likeness (QED) is 0.837. The van der Waals surface area contributed by atoms with Gasteiger partial charge in [-0.2, -0.15) is 0 Å². The number of nitrogens with zero attached hydrogens (tertiary/aromatic N) is 1. The van der Waals surface area contributed by atoms with Crippen molar-refractivity contribution in [3.8, 4) is 5.75 Å². The lowest BCUT2D eigenvalue weighted by Crippen LogP contribution is -2.12. The minimum absolute atomic E-state index is 0.563. The lowest BCUT2D eigenvalue weighted by molar-refractivity contribution is 0.304. The molecule has 0 fully saturated rings. The molecule has 1 aromatic heterocycles. The Morgan fingerprint density at radius 2 is 1.86 bits per heavy atom. The molecule has 112 valence electrons. The van der Waals surface area contributed by atoms with Crippen LogP contribution in [0.3, 0.4) is 0 Å². The van der Waals surface area contributed by atoms with Gasteiger partial charge in [-0.1, -0.05) is 45.0 Å². The number of ether oxygens (including phenoxy) is 1. The molecule has 0 aliphatic heterocycles. The van der Waals surface area contributed by atoms with Crippen molar-refractivity contribution in [3.63, 3.8) is 0 Å².